The first kappa shape index (κ1) is 35.9. The largest absolute Gasteiger partial charge is 0.493 e. The summed E-state index contributed by atoms with van der Waals surface area (Å²) in [4.78, 5) is 19.8. The van der Waals surface area contributed by atoms with Gasteiger partial charge in [-0.05, 0) is 56.7 Å². The molecule has 1 amide bonds. The number of carbonyl (C=O) groups excluding carboxylic acids is 1. The number of halogens is 5. The summed E-state index contributed by atoms with van der Waals surface area (Å²) >= 11 is 6.62. The molecule has 0 spiro atoms. The number of aromatic nitrogens is 2. The fourth-order valence-electron chi connectivity index (χ4n) is 5.99. The number of nitrogens with zero attached hydrogens (tertiary/aromatic N) is 3. The summed E-state index contributed by atoms with van der Waals surface area (Å²) in [6.45, 7) is 5.72. The van der Waals surface area contributed by atoms with Crippen molar-refractivity contribution >= 4 is 34.1 Å². The minimum Gasteiger partial charge on any atom is -0.493 e. The molecule has 1 saturated heterocycles. The Kier molecular flexibility index (Phi) is 9.56. The van der Waals surface area contributed by atoms with Crippen molar-refractivity contribution < 1.29 is 45.5 Å². The van der Waals surface area contributed by atoms with E-state index in [1.165, 1.54) is 35.8 Å². The van der Waals surface area contributed by atoms with E-state index in [0.29, 0.717) is 11.4 Å². The zero-order valence-corrected chi connectivity index (χ0v) is 29.4. The van der Waals surface area contributed by atoms with E-state index in [0.717, 1.165) is 23.8 Å². The molecule has 2 aromatic heterocycles. The van der Waals surface area contributed by atoms with Crippen LogP contribution in [0.1, 0.15) is 54.9 Å². The number of methoxy groups -OCH3 is 2. The minimum absolute atomic E-state index is 0.00332. The molecule has 10 nitrogen and oxygen atoms in total. The number of fused-ring (bicyclic) bond motifs is 3. The van der Waals surface area contributed by atoms with Crippen molar-refractivity contribution in [2.24, 2.45) is 0 Å². The highest BCUT2D eigenvalue weighted by atomic mass is 35.5. The smallest absolute Gasteiger partial charge is 0.416 e. The molecule has 1 N–H and O–H groups in total. The van der Waals surface area contributed by atoms with E-state index < -0.39 is 57.4 Å². The van der Waals surface area contributed by atoms with Crippen molar-refractivity contribution in [3.05, 3.63) is 87.6 Å². The van der Waals surface area contributed by atoms with Gasteiger partial charge in [-0.15, -0.1) is 0 Å². The fraction of sp³-hybridized carbons (Fsp3) is 0.412. The standard InChI is InChI=1S/C34H35ClF4N4O6S/c1-32(2,3)50(45)41-33(17-48-18-33)19-6-7-25(22(35)12-19)49-16-29(44)43-11-9-24-31(42-10-8-20(34(37,38)39)13-28(42)40-24)30(43)21-14-26(46-4)27(47-5)15-23(21)36/h6-8,10,12-15,30,41H,9,11,16-18H2,1-5H3. The molecule has 6 rings (SSSR count). The Labute approximate surface area is 293 Å². The lowest BCUT2D eigenvalue weighted by atomic mass is 9.89. The first-order chi connectivity index (χ1) is 23.6. The third-order valence-electron chi connectivity index (χ3n) is 8.72. The summed E-state index contributed by atoms with van der Waals surface area (Å²) in [5, 5.41) is 0.204. The predicted molar refractivity (Wildman–Crippen MR) is 177 cm³/mol. The van der Waals surface area contributed by atoms with E-state index in [1.807, 2.05) is 20.8 Å². The molecule has 0 saturated carbocycles. The van der Waals surface area contributed by atoms with E-state index in [1.54, 1.807) is 18.2 Å². The molecular formula is C34H35ClF4N4O6S. The van der Waals surface area contributed by atoms with Crippen molar-refractivity contribution in [2.45, 2.75) is 49.7 Å². The Hall–Kier alpha value is -3.92. The normalized spacial score (nSPS) is 18.0. The van der Waals surface area contributed by atoms with Crippen LogP contribution in [0.2, 0.25) is 5.02 Å². The van der Waals surface area contributed by atoms with Gasteiger partial charge in [-0.2, -0.15) is 13.2 Å². The second-order valence-electron chi connectivity index (χ2n) is 13.0. The Morgan fingerprint density at radius 2 is 1.78 bits per heavy atom. The van der Waals surface area contributed by atoms with Crippen molar-refractivity contribution in [3.63, 3.8) is 0 Å². The Morgan fingerprint density at radius 3 is 2.38 bits per heavy atom. The van der Waals surface area contributed by atoms with Crippen LogP contribution in [0.3, 0.4) is 0 Å². The second kappa shape index (κ2) is 13.3. The van der Waals surface area contributed by atoms with Crippen molar-refractivity contribution in [1.29, 1.82) is 0 Å². The zero-order chi connectivity index (χ0) is 36.2. The lowest BCUT2D eigenvalue weighted by molar-refractivity contribution is -0.137. The molecular weight excluding hydrogens is 704 g/mol. The monoisotopic (exact) mass is 738 g/mol. The number of hydrogen-bond acceptors (Lipinski definition) is 7. The molecule has 2 aliphatic rings. The molecule has 1 fully saturated rings. The average Bonchev–Trinajstić information content (AvgIpc) is 3.42. The number of rotatable bonds is 9. The van der Waals surface area contributed by atoms with Gasteiger partial charge in [0, 0.05) is 30.8 Å². The molecule has 4 heterocycles. The minimum atomic E-state index is -4.60. The van der Waals surface area contributed by atoms with Gasteiger partial charge < -0.3 is 28.2 Å². The number of amides is 1. The molecule has 4 aromatic rings. The van der Waals surface area contributed by atoms with Gasteiger partial charge in [0.2, 0.25) is 0 Å². The third-order valence-corrected chi connectivity index (χ3v) is 10.7. The molecule has 50 heavy (non-hydrogen) atoms. The van der Waals surface area contributed by atoms with Gasteiger partial charge in [-0.25, -0.2) is 18.3 Å². The maximum atomic E-state index is 15.9. The summed E-state index contributed by atoms with van der Waals surface area (Å²) in [5.74, 6) is -0.753. The SMILES string of the molecule is COc1cc(F)c(C2c3c(nc4cc(C(F)(F)F)ccn34)CCN2C(=O)COc2ccc(C3(NS(=O)C(C)(C)C)COC3)cc2Cl)cc1OC. The summed E-state index contributed by atoms with van der Waals surface area (Å²) in [6.07, 6.45) is -3.19. The predicted octanol–water partition coefficient (Wildman–Crippen LogP) is 5.99. The fourth-order valence-corrected chi connectivity index (χ4v) is 7.12. The molecule has 16 heteroatoms. The van der Waals surface area contributed by atoms with E-state index >= 15 is 4.39 Å². The molecule has 2 aromatic carbocycles. The third kappa shape index (κ3) is 6.63. The highest BCUT2D eigenvalue weighted by Crippen LogP contribution is 2.42. The molecule has 0 radical (unpaired) electrons. The number of nitrogens with one attached hydrogen (secondary N) is 1. The molecule has 2 atom stereocenters. The van der Waals surface area contributed by atoms with Crippen LogP contribution in [0, 0.1) is 5.82 Å². The first-order valence-corrected chi connectivity index (χ1v) is 17.1. The summed E-state index contributed by atoms with van der Waals surface area (Å²) in [7, 11) is 1.35. The Balaban J connectivity index is 1.32. The number of alkyl halides is 3. The first-order valence-electron chi connectivity index (χ1n) is 15.6. The van der Waals surface area contributed by atoms with Gasteiger partial charge >= 0.3 is 6.18 Å². The van der Waals surface area contributed by atoms with Gasteiger partial charge in [-0.3, -0.25) is 4.79 Å². The van der Waals surface area contributed by atoms with Gasteiger partial charge in [0.05, 0.1) is 65.1 Å². The summed E-state index contributed by atoms with van der Waals surface area (Å²) in [5.41, 5.74) is -0.0965. The Morgan fingerprint density at radius 1 is 1.08 bits per heavy atom. The van der Waals surface area contributed by atoms with Gasteiger partial charge in [0.15, 0.2) is 18.1 Å². The molecule has 268 valence electrons. The van der Waals surface area contributed by atoms with E-state index in [9.17, 15) is 22.2 Å². The van der Waals surface area contributed by atoms with Gasteiger partial charge in [-0.1, -0.05) is 17.7 Å². The van der Waals surface area contributed by atoms with E-state index in [-0.39, 0.29) is 59.7 Å². The maximum Gasteiger partial charge on any atom is 0.416 e. The van der Waals surface area contributed by atoms with E-state index in [4.69, 9.17) is 30.5 Å². The number of ether oxygens (including phenoxy) is 4. The van der Waals surface area contributed by atoms with Crippen LogP contribution < -0.4 is 18.9 Å². The van der Waals surface area contributed by atoms with Gasteiger partial charge in [0.1, 0.15) is 28.8 Å². The number of hydrogen-bond donors (Lipinski definition) is 1. The van der Waals surface area contributed by atoms with Crippen LogP contribution in [-0.2, 0) is 38.7 Å². The molecule has 2 aliphatic heterocycles. The molecule has 0 bridgehead atoms. The lowest BCUT2D eigenvalue weighted by Gasteiger charge is -2.43. The number of pyridine rings is 1. The number of benzene rings is 2. The topological polar surface area (TPSA) is 104 Å². The van der Waals surface area contributed by atoms with Crippen LogP contribution in [0.5, 0.6) is 17.2 Å². The molecule has 2 unspecified atom stereocenters. The zero-order valence-electron chi connectivity index (χ0n) is 27.8. The van der Waals surface area contributed by atoms with Crippen molar-refractivity contribution in [1.82, 2.24) is 19.0 Å². The molecule has 0 aliphatic carbocycles. The van der Waals surface area contributed by atoms with Crippen LogP contribution >= 0.6 is 11.6 Å². The van der Waals surface area contributed by atoms with Crippen molar-refractivity contribution in [2.75, 3.05) is 40.6 Å². The van der Waals surface area contributed by atoms with Crippen LogP contribution in [0.4, 0.5) is 17.6 Å². The van der Waals surface area contributed by atoms with Crippen LogP contribution in [0.15, 0.2) is 48.7 Å². The quantitative estimate of drug-likeness (QED) is 0.211. The van der Waals surface area contributed by atoms with Crippen LogP contribution in [-0.4, -0.2) is 69.7 Å². The Bertz CT molecular complexity index is 1980. The van der Waals surface area contributed by atoms with Crippen LogP contribution in [0.25, 0.3) is 5.65 Å². The lowest BCUT2D eigenvalue weighted by Crippen LogP contribution is -2.59. The summed E-state index contributed by atoms with van der Waals surface area (Å²) < 4.78 is 95.5. The highest BCUT2D eigenvalue weighted by molar-refractivity contribution is 7.84. The average molecular weight is 739 g/mol. The number of imidazole rings is 1. The maximum absolute atomic E-state index is 15.9. The van der Waals surface area contributed by atoms with E-state index in [2.05, 4.69) is 9.71 Å². The van der Waals surface area contributed by atoms with Crippen molar-refractivity contribution in [3.8, 4) is 17.2 Å². The number of carbonyl (C=O) groups is 1. The highest BCUT2D eigenvalue weighted by Gasteiger charge is 2.44. The van der Waals surface area contributed by atoms with Gasteiger partial charge in [0.25, 0.3) is 5.91 Å². The summed E-state index contributed by atoms with van der Waals surface area (Å²) in [6, 6.07) is 8.25. The second-order valence-corrected chi connectivity index (χ2v) is 15.4.